The second-order valence-electron chi connectivity index (χ2n) is 4.58. The van der Waals surface area contributed by atoms with Crippen molar-refractivity contribution in [1.29, 1.82) is 0 Å². The van der Waals surface area contributed by atoms with E-state index in [-0.39, 0.29) is 10.5 Å². The van der Waals surface area contributed by atoms with Gasteiger partial charge in [0, 0.05) is 12.1 Å². The Bertz CT molecular complexity index is 654. The van der Waals surface area contributed by atoms with Gasteiger partial charge in [-0.3, -0.25) is 4.79 Å². The molecular weight excluding hydrogens is 309 g/mol. The summed E-state index contributed by atoms with van der Waals surface area (Å²) < 4.78 is 58.8. The van der Waals surface area contributed by atoms with Crippen LogP contribution < -0.4 is 10.5 Å². The summed E-state index contributed by atoms with van der Waals surface area (Å²) >= 11 is 0. The largest absolute Gasteiger partial charge is 0.390 e. The third-order valence-corrected chi connectivity index (χ3v) is 3.92. The Kier molecular flexibility index (Phi) is 5.00. The van der Waals surface area contributed by atoms with Gasteiger partial charge in [-0.2, -0.15) is 13.2 Å². The van der Waals surface area contributed by atoms with E-state index < -0.39 is 35.1 Å². The SMILES string of the molecule is Cc1cc(C(=O)NCCC(F)(F)F)cc(S(N)(=O)=O)c1C. The van der Waals surface area contributed by atoms with E-state index in [1.165, 1.54) is 13.0 Å². The number of carbonyl (C=O) groups is 1. The molecule has 9 heteroatoms. The van der Waals surface area contributed by atoms with E-state index in [9.17, 15) is 26.4 Å². The van der Waals surface area contributed by atoms with Crippen molar-refractivity contribution in [2.24, 2.45) is 5.14 Å². The fourth-order valence-corrected chi connectivity index (χ4v) is 2.55. The fraction of sp³-hybridized carbons (Fsp3) is 0.417. The molecule has 0 atom stereocenters. The molecule has 0 bridgehead atoms. The van der Waals surface area contributed by atoms with Crippen LogP contribution in [-0.2, 0) is 10.0 Å². The van der Waals surface area contributed by atoms with Gasteiger partial charge >= 0.3 is 6.18 Å². The Morgan fingerprint density at radius 1 is 1.29 bits per heavy atom. The van der Waals surface area contributed by atoms with Crippen molar-refractivity contribution < 1.29 is 26.4 Å². The number of nitrogens with one attached hydrogen (secondary N) is 1. The molecule has 21 heavy (non-hydrogen) atoms. The lowest BCUT2D eigenvalue weighted by molar-refractivity contribution is -0.132. The maximum Gasteiger partial charge on any atom is 0.390 e. The van der Waals surface area contributed by atoms with E-state index in [1.54, 1.807) is 6.92 Å². The van der Waals surface area contributed by atoms with Crippen molar-refractivity contribution in [2.75, 3.05) is 6.54 Å². The molecule has 1 aromatic carbocycles. The lowest BCUT2D eigenvalue weighted by atomic mass is 10.1. The third kappa shape index (κ3) is 5.01. The second-order valence-corrected chi connectivity index (χ2v) is 6.11. The topological polar surface area (TPSA) is 89.3 Å². The standard InChI is InChI=1S/C12H15F3N2O3S/c1-7-5-9(6-10(8(7)2)21(16,19)20)11(18)17-4-3-12(13,14)15/h5-6H,3-4H2,1-2H3,(H,17,18)(H2,16,19,20). The summed E-state index contributed by atoms with van der Waals surface area (Å²) in [5.41, 5.74) is 0.844. The number of sulfonamides is 1. The number of alkyl halides is 3. The van der Waals surface area contributed by atoms with Crippen LogP contribution in [0.3, 0.4) is 0 Å². The van der Waals surface area contributed by atoms with Crippen molar-refractivity contribution in [2.45, 2.75) is 31.3 Å². The number of hydrogen-bond acceptors (Lipinski definition) is 3. The molecule has 0 aliphatic heterocycles. The molecule has 0 aliphatic carbocycles. The molecule has 0 aromatic heterocycles. The number of carbonyl (C=O) groups excluding carboxylic acids is 1. The molecule has 0 aliphatic rings. The van der Waals surface area contributed by atoms with Crippen molar-refractivity contribution in [3.05, 3.63) is 28.8 Å². The van der Waals surface area contributed by atoms with Crippen molar-refractivity contribution in [3.63, 3.8) is 0 Å². The number of hydrogen-bond donors (Lipinski definition) is 2. The van der Waals surface area contributed by atoms with Gasteiger partial charge in [-0.05, 0) is 37.1 Å². The average Bonchev–Trinajstić information content (AvgIpc) is 2.29. The molecule has 1 rings (SSSR count). The highest BCUT2D eigenvalue weighted by atomic mass is 32.2. The summed E-state index contributed by atoms with van der Waals surface area (Å²) in [7, 11) is -4.02. The van der Waals surface area contributed by atoms with Gasteiger partial charge in [0.25, 0.3) is 5.91 Å². The number of halogens is 3. The van der Waals surface area contributed by atoms with Gasteiger partial charge in [0.05, 0.1) is 11.3 Å². The van der Waals surface area contributed by atoms with E-state index in [1.807, 2.05) is 0 Å². The zero-order valence-electron chi connectivity index (χ0n) is 11.4. The van der Waals surface area contributed by atoms with Crippen LogP contribution in [0, 0.1) is 13.8 Å². The van der Waals surface area contributed by atoms with E-state index >= 15 is 0 Å². The molecule has 1 aromatic rings. The highest BCUT2D eigenvalue weighted by Gasteiger charge is 2.26. The first-order valence-electron chi connectivity index (χ1n) is 5.91. The van der Waals surface area contributed by atoms with Crippen LogP contribution >= 0.6 is 0 Å². The summed E-state index contributed by atoms with van der Waals surface area (Å²) in [6, 6.07) is 2.45. The molecule has 3 N–H and O–H groups in total. The zero-order valence-corrected chi connectivity index (χ0v) is 12.2. The molecule has 1 amide bonds. The molecular formula is C12H15F3N2O3S. The third-order valence-electron chi connectivity index (χ3n) is 2.88. The lowest BCUT2D eigenvalue weighted by Crippen LogP contribution is -2.28. The normalized spacial score (nSPS) is 12.3. The summed E-state index contributed by atoms with van der Waals surface area (Å²) in [4.78, 5) is 11.5. The Hall–Kier alpha value is -1.61. The Labute approximate surface area is 120 Å². The van der Waals surface area contributed by atoms with E-state index in [0.29, 0.717) is 11.1 Å². The quantitative estimate of drug-likeness (QED) is 0.882. The number of nitrogens with two attached hydrogens (primary N) is 1. The first-order valence-corrected chi connectivity index (χ1v) is 7.45. The number of benzene rings is 1. The molecule has 0 heterocycles. The van der Waals surface area contributed by atoms with Crippen LogP contribution in [0.1, 0.15) is 27.9 Å². The number of aryl methyl sites for hydroxylation is 1. The molecule has 118 valence electrons. The number of amides is 1. The molecule has 0 spiro atoms. The van der Waals surface area contributed by atoms with Crippen molar-refractivity contribution in [1.82, 2.24) is 5.32 Å². The van der Waals surface area contributed by atoms with Crippen molar-refractivity contribution >= 4 is 15.9 Å². The first-order chi connectivity index (χ1) is 9.42. The minimum atomic E-state index is -4.37. The van der Waals surface area contributed by atoms with Gasteiger partial charge in [-0.1, -0.05) is 0 Å². The summed E-state index contributed by atoms with van der Waals surface area (Å²) in [5.74, 6) is -0.785. The number of primary sulfonamides is 1. The number of rotatable bonds is 4. The highest BCUT2D eigenvalue weighted by molar-refractivity contribution is 7.89. The van der Waals surface area contributed by atoms with Crippen LogP contribution in [-0.4, -0.2) is 27.0 Å². The molecule has 0 saturated heterocycles. The van der Waals surface area contributed by atoms with Gasteiger partial charge in [0.2, 0.25) is 10.0 Å². The maximum absolute atomic E-state index is 12.0. The monoisotopic (exact) mass is 324 g/mol. The zero-order chi connectivity index (χ0) is 16.4. The predicted molar refractivity (Wildman–Crippen MR) is 70.3 cm³/mol. The van der Waals surface area contributed by atoms with Gasteiger partial charge < -0.3 is 5.32 Å². The van der Waals surface area contributed by atoms with Crippen molar-refractivity contribution in [3.8, 4) is 0 Å². The van der Waals surface area contributed by atoms with Gasteiger partial charge in [0.15, 0.2) is 0 Å². The van der Waals surface area contributed by atoms with Crippen LogP contribution in [0.15, 0.2) is 17.0 Å². The average molecular weight is 324 g/mol. The van der Waals surface area contributed by atoms with Gasteiger partial charge in [-0.15, -0.1) is 0 Å². The van der Waals surface area contributed by atoms with Gasteiger partial charge in [-0.25, -0.2) is 13.6 Å². The van der Waals surface area contributed by atoms with E-state index in [2.05, 4.69) is 5.32 Å². The second kappa shape index (κ2) is 6.02. The summed E-state index contributed by atoms with van der Waals surface area (Å²) in [6.07, 6.45) is -5.53. The minimum absolute atomic E-state index is 0.0516. The van der Waals surface area contributed by atoms with E-state index in [4.69, 9.17) is 5.14 Å². The van der Waals surface area contributed by atoms with Crippen LogP contribution in [0.5, 0.6) is 0 Å². The van der Waals surface area contributed by atoms with Crippen LogP contribution in [0.2, 0.25) is 0 Å². The summed E-state index contributed by atoms with van der Waals surface area (Å²) in [6.45, 7) is 2.52. The molecule has 0 unspecified atom stereocenters. The molecule has 0 saturated carbocycles. The van der Waals surface area contributed by atoms with Crippen LogP contribution in [0.4, 0.5) is 13.2 Å². The molecule has 5 nitrogen and oxygen atoms in total. The maximum atomic E-state index is 12.0. The molecule has 0 radical (unpaired) electrons. The van der Waals surface area contributed by atoms with E-state index in [0.717, 1.165) is 6.07 Å². The fourth-order valence-electron chi connectivity index (χ4n) is 1.67. The smallest absolute Gasteiger partial charge is 0.352 e. The predicted octanol–water partition coefficient (Wildman–Crippen LogP) is 1.63. The van der Waals surface area contributed by atoms with Crippen LogP contribution in [0.25, 0.3) is 0 Å². The lowest BCUT2D eigenvalue weighted by Gasteiger charge is -2.11. The highest BCUT2D eigenvalue weighted by Crippen LogP contribution is 2.21. The minimum Gasteiger partial charge on any atom is -0.352 e. The molecule has 0 fully saturated rings. The Morgan fingerprint density at radius 2 is 1.86 bits per heavy atom. The Morgan fingerprint density at radius 3 is 2.33 bits per heavy atom. The Balaban J connectivity index is 2.99. The van der Waals surface area contributed by atoms with Gasteiger partial charge in [0.1, 0.15) is 0 Å². The first kappa shape index (κ1) is 17.4. The summed E-state index contributed by atoms with van der Waals surface area (Å²) in [5, 5.41) is 7.13.